The van der Waals surface area contributed by atoms with E-state index in [1.165, 1.54) is 0 Å². The van der Waals surface area contributed by atoms with Crippen molar-refractivity contribution in [2.24, 2.45) is 7.05 Å². The van der Waals surface area contributed by atoms with E-state index in [0.717, 1.165) is 44.1 Å². The van der Waals surface area contributed by atoms with Crippen molar-refractivity contribution >= 4 is 33.0 Å². The minimum atomic E-state index is 0.438. The van der Waals surface area contributed by atoms with Crippen LogP contribution >= 0.6 is 0 Å². The average molecular weight is 377 g/mol. The van der Waals surface area contributed by atoms with Gasteiger partial charge in [-0.2, -0.15) is 10.1 Å². The third-order valence-corrected chi connectivity index (χ3v) is 5.24. The lowest BCUT2D eigenvalue weighted by atomic mass is 10.0. The lowest BCUT2D eigenvalue weighted by Crippen LogP contribution is -2.04. The van der Waals surface area contributed by atoms with E-state index in [1.54, 1.807) is 4.68 Å². The third kappa shape index (κ3) is 2.34. The van der Waals surface area contributed by atoms with Crippen molar-refractivity contribution in [2.45, 2.75) is 0 Å². The van der Waals surface area contributed by atoms with Gasteiger partial charge in [0.1, 0.15) is 5.52 Å². The maximum Gasteiger partial charge on any atom is 0.272 e. The first-order valence-electron chi connectivity index (χ1n) is 9.26. The van der Waals surface area contributed by atoms with Crippen molar-refractivity contribution in [3.05, 3.63) is 73.2 Å². The molecule has 0 aliphatic carbocycles. The molecule has 0 fully saturated rings. The molecule has 29 heavy (non-hydrogen) atoms. The number of hydrogen-bond acceptors (Lipinski definition) is 5. The molecule has 6 rings (SSSR count). The van der Waals surface area contributed by atoms with Gasteiger partial charge in [-0.3, -0.25) is 4.98 Å². The summed E-state index contributed by atoms with van der Waals surface area (Å²) < 4.78 is 3.69. The number of rotatable bonds is 2. The highest BCUT2D eigenvalue weighted by Crippen LogP contribution is 2.28. The number of aromatic nitrogens is 7. The predicted molar refractivity (Wildman–Crippen MR) is 112 cm³/mol. The normalized spacial score (nSPS) is 11.6. The molecule has 0 amide bonds. The standard InChI is InChI=1S/C22H15N7/c1-28-19-9-5-3-7-17(19)20-21(28)25-22(27-26-20)29-13-14(12-24-29)15-10-11-23-18-8-4-2-6-16(15)18/h2-13H,1H3. The minimum Gasteiger partial charge on any atom is -0.327 e. The predicted octanol–water partition coefficient (Wildman–Crippen LogP) is 3.92. The molecule has 0 spiro atoms. The Hall–Kier alpha value is -4.13. The van der Waals surface area contributed by atoms with Crippen LogP contribution in [0.25, 0.3) is 50.0 Å². The van der Waals surface area contributed by atoms with Crippen LogP contribution in [0.3, 0.4) is 0 Å². The van der Waals surface area contributed by atoms with Gasteiger partial charge in [-0.05, 0) is 23.8 Å². The number of fused-ring (bicyclic) bond motifs is 4. The molecular formula is C22H15N7. The van der Waals surface area contributed by atoms with Gasteiger partial charge in [-0.15, -0.1) is 10.2 Å². The Kier molecular flexibility index (Phi) is 3.25. The maximum atomic E-state index is 4.73. The number of pyridine rings is 1. The van der Waals surface area contributed by atoms with Crippen LogP contribution in [-0.2, 0) is 7.05 Å². The fourth-order valence-electron chi connectivity index (χ4n) is 3.81. The van der Waals surface area contributed by atoms with Crippen LogP contribution in [0.15, 0.2) is 73.2 Å². The van der Waals surface area contributed by atoms with Crippen molar-refractivity contribution in [3.63, 3.8) is 0 Å². The second-order valence-corrected chi connectivity index (χ2v) is 6.91. The van der Waals surface area contributed by atoms with E-state index >= 15 is 0 Å². The lowest BCUT2D eigenvalue weighted by molar-refractivity contribution is 0.781. The number of para-hydroxylation sites is 2. The van der Waals surface area contributed by atoms with Gasteiger partial charge >= 0.3 is 0 Å². The molecule has 2 aromatic carbocycles. The van der Waals surface area contributed by atoms with Crippen LogP contribution in [0.1, 0.15) is 0 Å². The van der Waals surface area contributed by atoms with Crippen LogP contribution in [0.2, 0.25) is 0 Å². The Bertz CT molecular complexity index is 1520. The molecule has 0 aliphatic rings. The maximum absolute atomic E-state index is 4.73. The van der Waals surface area contributed by atoms with Crippen molar-refractivity contribution in [2.75, 3.05) is 0 Å². The van der Waals surface area contributed by atoms with E-state index in [1.807, 2.05) is 72.7 Å². The van der Waals surface area contributed by atoms with Gasteiger partial charge in [0, 0.05) is 35.8 Å². The monoisotopic (exact) mass is 377 g/mol. The first-order chi connectivity index (χ1) is 14.3. The smallest absolute Gasteiger partial charge is 0.272 e. The number of aryl methyl sites for hydroxylation is 1. The summed E-state index contributed by atoms with van der Waals surface area (Å²) in [4.78, 5) is 9.16. The molecule has 7 nitrogen and oxygen atoms in total. The van der Waals surface area contributed by atoms with Crippen LogP contribution < -0.4 is 0 Å². The summed E-state index contributed by atoms with van der Waals surface area (Å²) in [5, 5.41) is 15.4. The lowest BCUT2D eigenvalue weighted by Gasteiger charge is -2.03. The zero-order valence-electron chi connectivity index (χ0n) is 15.6. The molecule has 0 saturated carbocycles. The molecule has 0 atom stereocenters. The van der Waals surface area contributed by atoms with Crippen LogP contribution in [0.5, 0.6) is 0 Å². The first kappa shape index (κ1) is 15.9. The largest absolute Gasteiger partial charge is 0.327 e. The zero-order valence-corrected chi connectivity index (χ0v) is 15.6. The number of hydrogen-bond donors (Lipinski definition) is 0. The average Bonchev–Trinajstić information content (AvgIpc) is 3.37. The van der Waals surface area contributed by atoms with Crippen LogP contribution in [-0.4, -0.2) is 34.5 Å². The molecular weight excluding hydrogens is 362 g/mol. The molecule has 0 saturated heterocycles. The summed E-state index contributed by atoms with van der Waals surface area (Å²) in [7, 11) is 1.99. The quantitative estimate of drug-likeness (QED) is 0.457. The first-order valence-corrected chi connectivity index (χ1v) is 9.26. The second kappa shape index (κ2) is 5.93. The van der Waals surface area contributed by atoms with E-state index in [4.69, 9.17) is 4.98 Å². The molecule has 4 heterocycles. The van der Waals surface area contributed by atoms with E-state index in [9.17, 15) is 0 Å². The van der Waals surface area contributed by atoms with Gasteiger partial charge < -0.3 is 4.57 Å². The molecule has 0 aliphatic heterocycles. The van der Waals surface area contributed by atoms with E-state index in [2.05, 4.69) is 32.4 Å². The van der Waals surface area contributed by atoms with Crippen LogP contribution in [0.4, 0.5) is 0 Å². The Morgan fingerprint density at radius 1 is 0.862 bits per heavy atom. The Morgan fingerprint density at radius 2 is 1.69 bits per heavy atom. The summed E-state index contributed by atoms with van der Waals surface area (Å²) in [5.74, 6) is 0.438. The van der Waals surface area contributed by atoms with Gasteiger partial charge in [-0.25, -0.2) is 4.68 Å². The molecule has 4 aromatic heterocycles. The van der Waals surface area contributed by atoms with Crippen molar-refractivity contribution in [1.29, 1.82) is 0 Å². The van der Waals surface area contributed by atoms with Gasteiger partial charge in [0.2, 0.25) is 0 Å². The molecule has 6 aromatic rings. The summed E-state index contributed by atoms with van der Waals surface area (Å²) in [5.41, 5.74) is 5.64. The number of benzene rings is 2. The topological polar surface area (TPSA) is 74.3 Å². The van der Waals surface area contributed by atoms with Crippen molar-refractivity contribution in [1.82, 2.24) is 34.5 Å². The molecule has 138 valence electrons. The van der Waals surface area contributed by atoms with Gasteiger partial charge in [-0.1, -0.05) is 36.4 Å². The van der Waals surface area contributed by atoms with E-state index in [-0.39, 0.29) is 0 Å². The number of nitrogens with zero attached hydrogens (tertiary/aromatic N) is 7. The Labute approximate surface area is 165 Å². The minimum absolute atomic E-state index is 0.438. The summed E-state index contributed by atoms with van der Waals surface area (Å²) in [6.07, 6.45) is 5.55. The van der Waals surface area contributed by atoms with Crippen LogP contribution in [0, 0.1) is 0 Å². The highest BCUT2D eigenvalue weighted by atomic mass is 15.4. The summed E-state index contributed by atoms with van der Waals surface area (Å²) in [6, 6.07) is 18.2. The highest BCUT2D eigenvalue weighted by Gasteiger charge is 2.14. The molecule has 0 radical (unpaired) electrons. The summed E-state index contributed by atoms with van der Waals surface area (Å²) >= 11 is 0. The Balaban J connectivity index is 1.50. The SMILES string of the molecule is Cn1c2ccccc2c2nnc(-n3cc(-c4ccnc5ccccc45)cn3)nc21. The van der Waals surface area contributed by atoms with Gasteiger partial charge in [0.25, 0.3) is 5.95 Å². The van der Waals surface area contributed by atoms with Crippen molar-refractivity contribution < 1.29 is 0 Å². The van der Waals surface area contributed by atoms with E-state index < -0.39 is 0 Å². The third-order valence-electron chi connectivity index (χ3n) is 5.24. The van der Waals surface area contributed by atoms with Gasteiger partial charge in [0.15, 0.2) is 5.65 Å². The van der Waals surface area contributed by atoms with Crippen molar-refractivity contribution in [3.8, 4) is 17.1 Å². The second-order valence-electron chi connectivity index (χ2n) is 6.91. The molecule has 0 unspecified atom stereocenters. The van der Waals surface area contributed by atoms with E-state index in [0.29, 0.717) is 5.95 Å². The zero-order chi connectivity index (χ0) is 19.4. The molecule has 7 heteroatoms. The fourth-order valence-corrected chi connectivity index (χ4v) is 3.81. The van der Waals surface area contributed by atoms with Gasteiger partial charge in [0.05, 0.1) is 17.2 Å². The summed E-state index contributed by atoms with van der Waals surface area (Å²) in [6.45, 7) is 0. The molecule has 0 N–H and O–H groups in total. The molecule has 0 bridgehead atoms. The Morgan fingerprint density at radius 3 is 2.62 bits per heavy atom. The fraction of sp³-hybridized carbons (Fsp3) is 0.0455. The highest BCUT2D eigenvalue weighted by molar-refractivity contribution is 6.04.